The summed E-state index contributed by atoms with van der Waals surface area (Å²) in [5.41, 5.74) is 5.31. The van der Waals surface area contributed by atoms with Crippen LogP contribution < -0.4 is 11.1 Å². The number of nitrogens with two attached hydrogens (primary N) is 1. The van der Waals surface area contributed by atoms with Crippen molar-refractivity contribution in [2.45, 2.75) is 57.6 Å². The Labute approximate surface area is 97.9 Å². The van der Waals surface area contributed by atoms with Gasteiger partial charge in [0.25, 0.3) is 0 Å². The second kappa shape index (κ2) is 6.21. The Kier molecular flexibility index (Phi) is 5.22. The van der Waals surface area contributed by atoms with Crippen molar-refractivity contribution in [2.75, 3.05) is 13.2 Å². The quantitative estimate of drug-likeness (QED) is 0.671. The second-order valence-corrected chi connectivity index (χ2v) is 5.29. The maximum Gasteiger partial charge on any atom is 0.221 e. The summed E-state index contributed by atoms with van der Waals surface area (Å²) in [6.45, 7) is 4.90. The maximum atomic E-state index is 11.4. The summed E-state index contributed by atoms with van der Waals surface area (Å²) >= 11 is 0. The fourth-order valence-corrected chi connectivity index (χ4v) is 1.95. The van der Waals surface area contributed by atoms with Gasteiger partial charge in [-0.3, -0.25) is 4.79 Å². The summed E-state index contributed by atoms with van der Waals surface area (Å²) in [5, 5.41) is 2.82. The third kappa shape index (κ3) is 6.08. The van der Waals surface area contributed by atoms with Gasteiger partial charge < -0.3 is 15.8 Å². The molecule has 0 radical (unpaired) electrons. The summed E-state index contributed by atoms with van der Waals surface area (Å²) in [6, 6.07) is 0. The average Bonchev–Trinajstić information content (AvgIpc) is 2.62. The van der Waals surface area contributed by atoms with Crippen LogP contribution in [0.15, 0.2) is 0 Å². The zero-order chi connectivity index (χ0) is 12.0. The fraction of sp³-hybridized carbons (Fsp3) is 0.917. The van der Waals surface area contributed by atoms with Gasteiger partial charge in [-0.15, -0.1) is 0 Å². The van der Waals surface area contributed by atoms with Crippen LogP contribution in [0.1, 0.15) is 46.0 Å². The number of rotatable bonds is 6. The van der Waals surface area contributed by atoms with Gasteiger partial charge >= 0.3 is 0 Å². The minimum atomic E-state index is -0.434. The molecule has 4 nitrogen and oxygen atoms in total. The first kappa shape index (κ1) is 13.5. The van der Waals surface area contributed by atoms with E-state index >= 15 is 0 Å². The topological polar surface area (TPSA) is 64.4 Å². The smallest absolute Gasteiger partial charge is 0.221 e. The summed E-state index contributed by atoms with van der Waals surface area (Å²) in [4.78, 5) is 11.4. The van der Waals surface area contributed by atoms with E-state index in [1.54, 1.807) is 0 Å². The van der Waals surface area contributed by atoms with Gasteiger partial charge in [0.2, 0.25) is 5.91 Å². The minimum Gasteiger partial charge on any atom is -0.376 e. The molecule has 0 aromatic heterocycles. The van der Waals surface area contributed by atoms with Crippen LogP contribution in [-0.2, 0) is 9.53 Å². The van der Waals surface area contributed by atoms with E-state index in [0.29, 0.717) is 25.7 Å². The van der Waals surface area contributed by atoms with Crippen LogP contribution in [0.5, 0.6) is 0 Å². The van der Waals surface area contributed by atoms with Crippen LogP contribution in [0.2, 0.25) is 0 Å². The monoisotopic (exact) mass is 228 g/mol. The second-order valence-electron chi connectivity index (χ2n) is 5.29. The molecule has 1 amide bonds. The van der Waals surface area contributed by atoms with Crippen molar-refractivity contribution in [3.8, 4) is 0 Å². The zero-order valence-corrected chi connectivity index (χ0v) is 10.4. The number of nitrogens with one attached hydrogen (secondary N) is 1. The van der Waals surface area contributed by atoms with Gasteiger partial charge in [0.15, 0.2) is 0 Å². The molecule has 1 fully saturated rings. The Hall–Kier alpha value is -0.610. The van der Waals surface area contributed by atoms with Crippen LogP contribution in [0, 0.1) is 0 Å². The highest BCUT2D eigenvalue weighted by molar-refractivity contribution is 5.76. The number of amides is 1. The van der Waals surface area contributed by atoms with Crippen molar-refractivity contribution >= 4 is 5.91 Å². The van der Waals surface area contributed by atoms with E-state index in [1.807, 2.05) is 13.8 Å². The SMILES string of the molecule is CC(C)(N)CC(=O)NCCOC1CCCC1. The third-order valence-electron chi connectivity index (χ3n) is 2.70. The van der Waals surface area contributed by atoms with Gasteiger partial charge in [0.05, 0.1) is 12.7 Å². The van der Waals surface area contributed by atoms with E-state index in [-0.39, 0.29) is 5.91 Å². The molecular formula is C12H24N2O2. The largest absolute Gasteiger partial charge is 0.376 e. The number of ether oxygens (including phenoxy) is 1. The lowest BCUT2D eigenvalue weighted by Crippen LogP contribution is -2.40. The van der Waals surface area contributed by atoms with Gasteiger partial charge in [-0.05, 0) is 26.7 Å². The Balaban J connectivity index is 2.00. The number of carbonyl (C=O) groups excluding carboxylic acids is 1. The van der Waals surface area contributed by atoms with Crippen molar-refractivity contribution in [3.63, 3.8) is 0 Å². The normalized spacial score (nSPS) is 17.7. The highest BCUT2D eigenvalue weighted by atomic mass is 16.5. The van der Waals surface area contributed by atoms with Crippen molar-refractivity contribution < 1.29 is 9.53 Å². The van der Waals surface area contributed by atoms with Gasteiger partial charge in [0, 0.05) is 18.5 Å². The summed E-state index contributed by atoms with van der Waals surface area (Å²) in [5.74, 6) is 0.00234. The molecule has 3 N–H and O–H groups in total. The zero-order valence-electron chi connectivity index (χ0n) is 10.4. The molecule has 1 aliphatic carbocycles. The molecule has 4 heteroatoms. The Morgan fingerprint density at radius 3 is 2.62 bits per heavy atom. The Morgan fingerprint density at radius 2 is 2.06 bits per heavy atom. The molecule has 0 unspecified atom stereocenters. The Bertz CT molecular complexity index is 218. The molecule has 16 heavy (non-hydrogen) atoms. The molecule has 0 saturated heterocycles. The predicted molar refractivity (Wildman–Crippen MR) is 64.1 cm³/mol. The van der Waals surface area contributed by atoms with Crippen molar-refractivity contribution in [1.29, 1.82) is 0 Å². The van der Waals surface area contributed by atoms with Crippen LogP contribution in [0.3, 0.4) is 0 Å². The van der Waals surface area contributed by atoms with Crippen molar-refractivity contribution in [3.05, 3.63) is 0 Å². The molecule has 0 aliphatic heterocycles. The van der Waals surface area contributed by atoms with E-state index in [4.69, 9.17) is 10.5 Å². The molecule has 0 atom stereocenters. The minimum absolute atomic E-state index is 0.00234. The molecule has 0 aromatic rings. The number of carbonyl (C=O) groups is 1. The summed E-state index contributed by atoms with van der Waals surface area (Å²) in [6.07, 6.45) is 5.67. The van der Waals surface area contributed by atoms with Crippen LogP contribution in [0.25, 0.3) is 0 Å². The molecule has 0 spiro atoms. The van der Waals surface area contributed by atoms with Gasteiger partial charge in [-0.25, -0.2) is 0 Å². The molecule has 0 bridgehead atoms. The lowest BCUT2D eigenvalue weighted by molar-refractivity contribution is -0.122. The summed E-state index contributed by atoms with van der Waals surface area (Å²) in [7, 11) is 0. The van der Waals surface area contributed by atoms with Crippen molar-refractivity contribution in [2.24, 2.45) is 5.73 Å². The maximum absolute atomic E-state index is 11.4. The first-order chi connectivity index (χ1) is 7.47. The average molecular weight is 228 g/mol. The van der Waals surface area contributed by atoms with E-state index in [9.17, 15) is 4.79 Å². The van der Waals surface area contributed by atoms with E-state index < -0.39 is 5.54 Å². The predicted octanol–water partition coefficient (Wildman–Crippen LogP) is 1.19. The summed E-state index contributed by atoms with van der Waals surface area (Å²) < 4.78 is 5.64. The lowest BCUT2D eigenvalue weighted by atomic mass is 10.0. The van der Waals surface area contributed by atoms with Crippen LogP contribution in [0.4, 0.5) is 0 Å². The Morgan fingerprint density at radius 1 is 1.44 bits per heavy atom. The third-order valence-corrected chi connectivity index (χ3v) is 2.70. The first-order valence-electron chi connectivity index (χ1n) is 6.14. The molecule has 94 valence electrons. The number of hydrogen-bond acceptors (Lipinski definition) is 3. The molecule has 1 saturated carbocycles. The van der Waals surface area contributed by atoms with E-state index in [1.165, 1.54) is 25.7 Å². The van der Waals surface area contributed by atoms with E-state index in [2.05, 4.69) is 5.32 Å². The van der Waals surface area contributed by atoms with Crippen LogP contribution >= 0.6 is 0 Å². The first-order valence-corrected chi connectivity index (χ1v) is 6.14. The molecule has 1 aliphatic rings. The highest BCUT2D eigenvalue weighted by Crippen LogP contribution is 2.20. The van der Waals surface area contributed by atoms with Crippen LogP contribution in [-0.4, -0.2) is 30.7 Å². The molecule has 0 heterocycles. The standard InChI is InChI=1S/C12H24N2O2/c1-12(2,13)9-11(15)14-7-8-16-10-5-3-4-6-10/h10H,3-9,13H2,1-2H3,(H,14,15). The molecule has 0 aromatic carbocycles. The van der Waals surface area contributed by atoms with E-state index in [0.717, 1.165) is 0 Å². The fourth-order valence-electron chi connectivity index (χ4n) is 1.95. The van der Waals surface area contributed by atoms with Gasteiger partial charge in [0.1, 0.15) is 0 Å². The van der Waals surface area contributed by atoms with Gasteiger partial charge in [-0.1, -0.05) is 12.8 Å². The van der Waals surface area contributed by atoms with Crippen molar-refractivity contribution in [1.82, 2.24) is 5.32 Å². The number of hydrogen-bond donors (Lipinski definition) is 2. The molecule has 1 rings (SSSR count). The van der Waals surface area contributed by atoms with Gasteiger partial charge in [-0.2, -0.15) is 0 Å². The molecular weight excluding hydrogens is 204 g/mol. The lowest BCUT2D eigenvalue weighted by Gasteiger charge is -2.18. The highest BCUT2D eigenvalue weighted by Gasteiger charge is 2.17.